The van der Waals surface area contributed by atoms with Crippen LogP contribution in [0.3, 0.4) is 0 Å². The number of nitro groups is 1. The largest absolute Gasteiger partial charge is 0.477 e. The molecule has 1 heterocycles. The quantitative estimate of drug-likeness (QED) is 0.565. The van der Waals surface area contributed by atoms with Crippen LogP contribution in [0.4, 0.5) is 15.8 Å². The van der Waals surface area contributed by atoms with Gasteiger partial charge in [-0.15, -0.1) is 0 Å². The number of halogens is 1. The molecule has 1 saturated heterocycles. The number of nitrogens with one attached hydrogen (secondary N) is 2. The minimum absolute atomic E-state index is 0.108. The summed E-state index contributed by atoms with van der Waals surface area (Å²) in [6.07, 6.45) is 0.739. The molecule has 1 aromatic carbocycles. The molecule has 0 aromatic heterocycles. The van der Waals surface area contributed by atoms with Crippen LogP contribution in [-0.4, -0.2) is 34.5 Å². The maximum atomic E-state index is 13.8. The molecule has 8 nitrogen and oxygen atoms in total. The van der Waals surface area contributed by atoms with Crippen molar-refractivity contribution in [2.45, 2.75) is 18.9 Å². The Bertz CT molecular complexity index is 609. The summed E-state index contributed by atoms with van der Waals surface area (Å²) in [5.74, 6) is -2.53. The third-order valence-electron chi connectivity index (χ3n) is 3.14. The summed E-state index contributed by atoms with van der Waals surface area (Å²) < 4.78 is 13.8. The van der Waals surface area contributed by atoms with Crippen LogP contribution in [0, 0.1) is 15.9 Å². The molecule has 1 fully saturated rings. The second kappa shape index (κ2) is 5.73. The smallest absolute Gasteiger partial charge is 0.342 e. The van der Waals surface area contributed by atoms with Gasteiger partial charge >= 0.3 is 5.97 Å². The molecule has 1 aliphatic rings. The summed E-state index contributed by atoms with van der Waals surface area (Å²) in [5.41, 5.74) is -1.54. The van der Waals surface area contributed by atoms with E-state index in [1.807, 2.05) is 0 Å². The molecule has 0 spiro atoms. The highest BCUT2D eigenvalue weighted by atomic mass is 19.1. The van der Waals surface area contributed by atoms with Gasteiger partial charge in [0, 0.05) is 19.0 Å². The van der Waals surface area contributed by atoms with Crippen molar-refractivity contribution < 1.29 is 24.0 Å². The number of piperidine rings is 1. The lowest BCUT2D eigenvalue weighted by molar-refractivity contribution is -0.385. The number of benzene rings is 1. The molecule has 0 radical (unpaired) electrons. The van der Waals surface area contributed by atoms with E-state index in [1.165, 1.54) is 0 Å². The summed E-state index contributed by atoms with van der Waals surface area (Å²) in [6, 6.07) is 1.21. The Balaban J connectivity index is 2.27. The summed E-state index contributed by atoms with van der Waals surface area (Å²) in [7, 11) is 0. The van der Waals surface area contributed by atoms with Gasteiger partial charge in [-0.05, 0) is 12.5 Å². The molecule has 9 heteroatoms. The molecule has 1 unspecified atom stereocenters. The molecule has 0 saturated carbocycles. The number of nitrogens with zero attached hydrogens (tertiary/aromatic N) is 1. The minimum Gasteiger partial charge on any atom is -0.477 e. The fraction of sp³-hybridized carbons (Fsp3) is 0.333. The number of amides is 1. The van der Waals surface area contributed by atoms with Crippen LogP contribution in [0.2, 0.25) is 0 Å². The summed E-state index contributed by atoms with van der Waals surface area (Å²) >= 11 is 0. The van der Waals surface area contributed by atoms with Gasteiger partial charge in [-0.25, -0.2) is 9.18 Å². The lowest BCUT2D eigenvalue weighted by atomic mass is 10.1. The van der Waals surface area contributed by atoms with E-state index in [0.29, 0.717) is 12.5 Å². The summed E-state index contributed by atoms with van der Waals surface area (Å²) in [4.78, 5) is 31.8. The Labute approximate surface area is 118 Å². The van der Waals surface area contributed by atoms with Gasteiger partial charge in [0.05, 0.1) is 16.7 Å². The molecular weight excluding hydrogens is 285 g/mol. The third-order valence-corrected chi connectivity index (χ3v) is 3.14. The van der Waals surface area contributed by atoms with E-state index in [2.05, 4.69) is 10.6 Å². The van der Waals surface area contributed by atoms with Crippen molar-refractivity contribution in [3.63, 3.8) is 0 Å². The molecule has 0 aliphatic carbocycles. The van der Waals surface area contributed by atoms with E-state index < -0.39 is 28.0 Å². The molecule has 2 rings (SSSR count). The molecule has 112 valence electrons. The van der Waals surface area contributed by atoms with Gasteiger partial charge in [0.1, 0.15) is 5.56 Å². The zero-order chi connectivity index (χ0) is 15.6. The molecule has 3 N–H and O–H groups in total. The van der Waals surface area contributed by atoms with E-state index >= 15 is 0 Å². The summed E-state index contributed by atoms with van der Waals surface area (Å²) in [6.45, 7) is 0.275. The molecular formula is C12H12FN3O5. The number of aromatic carboxylic acids is 1. The van der Waals surface area contributed by atoms with Crippen LogP contribution in [0.1, 0.15) is 23.2 Å². The van der Waals surface area contributed by atoms with Crippen LogP contribution in [0.25, 0.3) is 0 Å². The van der Waals surface area contributed by atoms with Crippen LogP contribution in [-0.2, 0) is 4.79 Å². The van der Waals surface area contributed by atoms with Crippen molar-refractivity contribution in [3.05, 3.63) is 33.6 Å². The number of rotatable bonds is 4. The Morgan fingerprint density at radius 3 is 2.76 bits per heavy atom. The second-order valence-electron chi connectivity index (χ2n) is 4.60. The molecule has 1 aromatic rings. The van der Waals surface area contributed by atoms with Crippen molar-refractivity contribution >= 4 is 23.3 Å². The molecule has 21 heavy (non-hydrogen) atoms. The molecule has 1 aliphatic heterocycles. The number of nitro benzene ring substituents is 1. The van der Waals surface area contributed by atoms with Gasteiger partial charge in [-0.1, -0.05) is 0 Å². The fourth-order valence-electron chi connectivity index (χ4n) is 2.07. The van der Waals surface area contributed by atoms with Gasteiger partial charge in [0.25, 0.3) is 5.69 Å². The van der Waals surface area contributed by atoms with E-state index in [-0.39, 0.29) is 30.6 Å². The average Bonchev–Trinajstić information content (AvgIpc) is 2.42. The van der Waals surface area contributed by atoms with Gasteiger partial charge in [-0.3, -0.25) is 14.9 Å². The third kappa shape index (κ3) is 3.25. The highest BCUT2D eigenvalue weighted by molar-refractivity contribution is 5.93. The highest BCUT2D eigenvalue weighted by Gasteiger charge is 2.25. The molecule has 1 amide bonds. The standard InChI is InChI=1S/C12H12FN3O5/c13-8-4-10(16(20)21)7(12(18)19)3-9(8)15-6-1-2-11(17)14-5-6/h3-4,6,15H,1-2,5H2,(H,14,17)(H,18,19). The Morgan fingerprint density at radius 2 is 2.24 bits per heavy atom. The molecule has 0 bridgehead atoms. The highest BCUT2D eigenvalue weighted by Crippen LogP contribution is 2.27. The number of anilines is 1. The topological polar surface area (TPSA) is 122 Å². The van der Waals surface area contributed by atoms with E-state index in [4.69, 9.17) is 5.11 Å². The first-order valence-electron chi connectivity index (χ1n) is 6.13. The minimum atomic E-state index is -1.51. The van der Waals surface area contributed by atoms with Crippen molar-refractivity contribution in [1.29, 1.82) is 0 Å². The summed E-state index contributed by atoms with van der Waals surface area (Å²) in [5, 5.41) is 25.0. The normalized spacial score (nSPS) is 18.0. The van der Waals surface area contributed by atoms with Crippen molar-refractivity contribution in [2.75, 3.05) is 11.9 Å². The average molecular weight is 297 g/mol. The van der Waals surface area contributed by atoms with E-state index in [0.717, 1.165) is 6.07 Å². The number of hydrogen-bond acceptors (Lipinski definition) is 5. The fourth-order valence-corrected chi connectivity index (χ4v) is 2.07. The molecule has 1 atom stereocenters. The lowest BCUT2D eigenvalue weighted by Gasteiger charge is -2.24. The maximum absolute atomic E-state index is 13.8. The van der Waals surface area contributed by atoms with Crippen LogP contribution in [0.15, 0.2) is 12.1 Å². The Kier molecular flexibility index (Phi) is 4.01. The maximum Gasteiger partial charge on any atom is 0.342 e. The zero-order valence-electron chi connectivity index (χ0n) is 10.8. The number of carbonyl (C=O) groups is 2. The number of carboxylic acids is 1. The first-order valence-corrected chi connectivity index (χ1v) is 6.13. The van der Waals surface area contributed by atoms with Crippen LogP contribution in [0.5, 0.6) is 0 Å². The predicted molar refractivity (Wildman–Crippen MR) is 69.7 cm³/mol. The van der Waals surface area contributed by atoms with Gasteiger partial charge in [0.2, 0.25) is 5.91 Å². The first kappa shape index (κ1) is 14.7. The van der Waals surface area contributed by atoms with Crippen molar-refractivity contribution in [2.24, 2.45) is 0 Å². The first-order chi connectivity index (χ1) is 9.88. The Morgan fingerprint density at radius 1 is 1.52 bits per heavy atom. The number of hydrogen-bond donors (Lipinski definition) is 3. The van der Waals surface area contributed by atoms with E-state index in [9.17, 15) is 24.1 Å². The van der Waals surface area contributed by atoms with Crippen molar-refractivity contribution in [3.8, 4) is 0 Å². The van der Waals surface area contributed by atoms with Gasteiger partial charge in [0.15, 0.2) is 5.82 Å². The number of carbonyl (C=O) groups excluding carboxylic acids is 1. The van der Waals surface area contributed by atoms with E-state index in [1.54, 1.807) is 0 Å². The Hall–Kier alpha value is -2.71. The van der Waals surface area contributed by atoms with Gasteiger partial charge < -0.3 is 15.7 Å². The lowest BCUT2D eigenvalue weighted by Crippen LogP contribution is -2.42. The monoisotopic (exact) mass is 297 g/mol. The predicted octanol–water partition coefficient (Wildman–Crippen LogP) is 1.12. The zero-order valence-corrected chi connectivity index (χ0v) is 10.8. The van der Waals surface area contributed by atoms with Gasteiger partial charge in [-0.2, -0.15) is 0 Å². The SMILES string of the molecule is O=C1CCC(Nc2cc(C(=O)O)c([N+](=O)[O-])cc2F)CN1. The van der Waals surface area contributed by atoms with Crippen LogP contribution >= 0.6 is 0 Å². The van der Waals surface area contributed by atoms with Crippen LogP contribution < -0.4 is 10.6 Å². The number of carboxylic acid groups (broad SMARTS) is 1. The van der Waals surface area contributed by atoms with Crippen molar-refractivity contribution in [1.82, 2.24) is 5.32 Å². The second-order valence-corrected chi connectivity index (χ2v) is 4.60.